The van der Waals surface area contributed by atoms with Gasteiger partial charge in [-0.1, -0.05) is 37.5 Å². The Balaban J connectivity index is 1.26. The van der Waals surface area contributed by atoms with Crippen molar-refractivity contribution < 1.29 is 9.53 Å². The van der Waals surface area contributed by atoms with Gasteiger partial charge in [0, 0.05) is 25.4 Å². The molecular weight excluding hydrogens is 422 g/mol. The van der Waals surface area contributed by atoms with Crippen LogP contribution < -0.4 is 10.1 Å². The molecular formula is C29H39N3O2. The summed E-state index contributed by atoms with van der Waals surface area (Å²) in [6.45, 7) is 6.62. The van der Waals surface area contributed by atoms with Crippen molar-refractivity contribution in [3.8, 4) is 5.75 Å². The van der Waals surface area contributed by atoms with E-state index in [0.717, 1.165) is 75.3 Å². The van der Waals surface area contributed by atoms with Crippen LogP contribution in [0.5, 0.6) is 5.75 Å². The highest BCUT2D eigenvalue weighted by Crippen LogP contribution is 2.24. The summed E-state index contributed by atoms with van der Waals surface area (Å²) in [7, 11) is 0. The van der Waals surface area contributed by atoms with Crippen LogP contribution in [0, 0.1) is 19.8 Å². The van der Waals surface area contributed by atoms with Crippen LogP contribution in [0.3, 0.4) is 0 Å². The van der Waals surface area contributed by atoms with E-state index in [4.69, 9.17) is 9.72 Å². The van der Waals surface area contributed by atoms with Crippen molar-refractivity contribution in [3.05, 3.63) is 59.4 Å². The number of ether oxygens (including phenoxy) is 1. The lowest BCUT2D eigenvalue weighted by Gasteiger charge is -2.20. The number of rotatable bonds is 11. The number of aromatic nitrogens is 2. The minimum Gasteiger partial charge on any atom is -0.494 e. The molecule has 1 N–H and O–H groups in total. The Kier molecular flexibility index (Phi) is 8.62. The molecule has 5 heteroatoms. The predicted octanol–water partition coefficient (Wildman–Crippen LogP) is 6.14. The Morgan fingerprint density at radius 2 is 1.85 bits per heavy atom. The zero-order valence-corrected chi connectivity index (χ0v) is 20.8. The van der Waals surface area contributed by atoms with E-state index in [1.807, 2.05) is 6.07 Å². The highest BCUT2D eigenvalue weighted by atomic mass is 16.5. The monoisotopic (exact) mass is 461 g/mol. The van der Waals surface area contributed by atoms with Crippen LogP contribution in [0.2, 0.25) is 0 Å². The van der Waals surface area contributed by atoms with Gasteiger partial charge in [-0.05, 0) is 81.3 Å². The molecule has 1 fully saturated rings. The molecule has 2 aromatic carbocycles. The molecule has 0 unspecified atom stereocenters. The highest BCUT2D eigenvalue weighted by Gasteiger charge is 2.20. The lowest BCUT2D eigenvalue weighted by atomic mass is 9.89. The molecule has 4 rings (SSSR count). The number of carbonyl (C=O) groups is 1. The number of imidazole rings is 1. The molecule has 1 aliphatic rings. The quantitative estimate of drug-likeness (QED) is 0.349. The van der Waals surface area contributed by atoms with E-state index in [9.17, 15) is 4.79 Å². The number of hydrogen-bond acceptors (Lipinski definition) is 3. The van der Waals surface area contributed by atoms with Gasteiger partial charge in [0.15, 0.2) is 0 Å². The molecule has 3 aromatic rings. The van der Waals surface area contributed by atoms with Crippen LogP contribution in [-0.2, 0) is 17.8 Å². The smallest absolute Gasteiger partial charge is 0.223 e. The van der Waals surface area contributed by atoms with E-state index in [1.165, 1.54) is 35.9 Å². The van der Waals surface area contributed by atoms with Gasteiger partial charge < -0.3 is 14.6 Å². The van der Waals surface area contributed by atoms with Crippen molar-refractivity contribution in [2.24, 2.45) is 5.92 Å². The van der Waals surface area contributed by atoms with Crippen molar-refractivity contribution in [3.63, 3.8) is 0 Å². The van der Waals surface area contributed by atoms with E-state index < -0.39 is 0 Å². The molecule has 1 heterocycles. The third kappa shape index (κ3) is 6.40. The fourth-order valence-corrected chi connectivity index (χ4v) is 4.90. The molecule has 0 atom stereocenters. The summed E-state index contributed by atoms with van der Waals surface area (Å²) in [5.41, 5.74) is 4.80. The van der Waals surface area contributed by atoms with Gasteiger partial charge in [0.05, 0.1) is 17.6 Å². The molecule has 1 aromatic heterocycles. The molecule has 1 aliphatic carbocycles. The first-order valence-corrected chi connectivity index (χ1v) is 13.0. The summed E-state index contributed by atoms with van der Waals surface area (Å²) in [6.07, 6.45) is 9.58. The van der Waals surface area contributed by atoms with Crippen LogP contribution in [0.15, 0.2) is 42.5 Å². The zero-order valence-electron chi connectivity index (χ0n) is 20.8. The number of para-hydroxylation sites is 2. The second-order valence-corrected chi connectivity index (χ2v) is 9.70. The van der Waals surface area contributed by atoms with E-state index in [2.05, 4.69) is 60.1 Å². The largest absolute Gasteiger partial charge is 0.494 e. The van der Waals surface area contributed by atoms with E-state index in [1.54, 1.807) is 0 Å². The molecule has 5 nitrogen and oxygen atoms in total. The maximum Gasteiger partial charge on any atom is 0.223 e. The number of aryl methyl sites for hydroxylation is 4. The number of benzene rings is 2. The summed E-state index contributed by atoms with van der Waals surface area (Å²) in [5, 5.41) is 3.17. The summed E-state index contributed by atoms with van der Waals surface area (Å²) >= 11 is 0. The Morgan fingerprint density at radius 3 is 2.68 bits per heavy atom. The van der Waals surface area contributed by atoms with Crippen LogP contribution in [0.25, 0.3) is 11.0 Å². The fraction of sp³-hybridized carbons (Fsp3) is 0.517. The fourth-order valence-electron chi connectivity index (χ4n) is 4.90. The average molecular weight is 462 g/mol. The number of unbranched alkanes of at least 4 members (excludes halogenated alkanes) is 1. The summed E-state index contributed by atoms with van der Waals surface area (Å²) in [4.78, 5) is 17.3. The number of nitrogens with zero attached hydrogens (tertiary/aromatic N) is 2. The maximum absolute atomic E-state index is 12.4. The third-order valence-corrected chi connectivity index (χ3v) is 7.11. The molecule has 1 amide bonds. The van der Waals surface area contributed by atoms with Gasteiger partial charge in [0.1, 0.15) is 11.6 Å². The SMILES string of the molecule is Cc1ccc(OCCCCn2c(CCCNC(=O)C3CCCCC3)nc3ccccc32)cc1C. The van der Waals surface area contributed by atoms with Gasteiger partial charge in [-0.2, -0.15) is 0 Å². The van der Waals surface area contributed by atoms with Crippen LogP contribution in [0.1, 0.15) is 68.3 Å². The topological polar surface area (TPSA) is 56.1 Å². The van der Waals surface area contributed by atoms with Crippen molar-refractivity contribution in [2.45, 2.75) is 78.2 Å². The molecule has 0 aliphatic heterocycles. The molecule has 0 bridgehead atoms. The average Bonchev–Trinajstić information content (AvgIpc) is 3.21. The molecule has 0 radical (unpaired) electrons. The van der Waals surface area contributed by atoms with Crippen LogP contribution in [-0.4, -0.2) is 28.6 Å². The predicted molar refractivity (Wildman–Crippen MR) is 138 cm³/mol. The molecule has 0 saturated heterocycles. The summed E-state index contributed by atoms with van der Waals surface area (Å²) in [5.74, 6) is 2.54. The Bertz CT molecular complexity index is 1080. The number of nitrogens with one attached hydrogen (secondary N) is 1. The van der Waals surface area contributed by atoms with Crippen LogP contribution >= 0.6 is 0 Å². The molecule has 1 saturated carbocycles. The standard InChI is InChI=1S/C29H39N3O2/c1-22-16-17-25(21-23(22)2)34-20-9-8-19-32-27-14-7-6-13-26(27)31-28(32)15-10-18-30-29(33)24-11-4-3-5-12-24/h6-7,13-14,16-17,21,24H,3-5,8-12,15,18-20H2,1-2H3,(H,30,33). The third-order valence-electron chi connectivity index (χ3n) is 7.11. The highest BCUT2D eigenvalue weighted by molar-refractivity contribution is 5.78. The summed E-state index contributed by atoms with van der Waals surface area (Å²) in [6, 6.07) is 14.7. The van der Waals surface area contributed by atoms with E-state index >= 15 is 0 Å². The van der Waals surface area contributed by atoms with Gasteiger partial charge in [-0.25, -0.2) is 4.98 Å². The lowest BCUT2D eigenvalue weighted by Crippen LogP contribution is -2.32. The van der Waals surface area contributed by atoms with E-state index in [-0.39, 0.29) is 11.8 Å². The number of carbonyl (C=O) groups excluding carboxylic acids is 1. The second kappa shape index (κ2) is 12.0. The first-order valence-electron chi connectivity index (χ1n) is 13.0. The van der Waals surface area contributed by atoms with Gasteiger partial charge in [-0.3, -0.25) is 4.79 Å². The minimum atomic E-state index is 0.226. The van der Waals surface area contributed by atoms with Gasteiger partial charge >= 0.3 is 0 Å². The second-order valence-electron chi connectivity index (χ2n) is 9.70. The van der Waals surface area contributed by atoms with E-state index in [0.29, 0.717) is 0 Å². The lowest BCUT2D eigenvalue weighted by molar-refractivity contribution is -0.125. The Hall–Kier alpha value is -2.82. The van der Waals surface area contributed by atoms with Gasteiger partial charge in [0.25, 0.3) is 0 Å². The molecule has 0 spiro atoms. The Labute approximate surface area is 203 Å². The normalized spacial score (nSPS) is 14.4. The first kappa shape index (κ1) is 24.3. The number of amides is 1. The van der Waals surface area contributed by atoms with Gasteiger partial charge in [-0.15, -0.1) is 0 Å². The van der Waals surface area contributed by atoms with Crippen molar-refractivity contribution in [1.82, 2.24) is 14.9 Å². The van der Waals surface area contributed by atoms with Gasteiger partial charge in [0.2, 0.25) is 5.91 Å². The maximum atomic E-state index is 12.4. The minimum absolute atomic E-state index is 0.226. The number of hydrogen-bond donors (Lipinski definition) is 1. The molecule has 34 heavy (non-hydrogen) atoms. The van der Waals surface area contributed by atoms with Crippen molar-refractivity contribution in [2.75, 3.05) is 13.2 Å². The van der Waals surface area contributed by atoms with Crippen molar-refractivity contribution >= 4 is 16.9 Å². The number of fused-ring (bicyclic) bond motifs is 1. The Morgan fingerprint density at radius 1 is 1.03 bits per heavy atom. The van der Waals surface area contributed by atoms with Crippen molar-refractivity contribution in [1.29, 1.82) is 0 Å². The zero-order chi connectivity index (χ0) is 23.8. The molecule has 182 valence electrons. The summed E-state index contributed by atoms with van der Waals surface area (Å²) < 4.78 is 8.32. The van der Waals surface area contributed by atoms with Crippen LogP contribution in [0.4, 0.5) is 0 Å². The first-order chi connectivity index (χ1) is 16.6.